The van der Waals surface area contributed by atoms with E-state index in [1.165, 1.54) is 29.2 Å². The number of halogens is 6. The standard InChI is InChI=1S/C20H15ClF5N7O/c1-10(17-30-9-31-33(17)15-4-3-12(7-27-15)34-19(22)23)32(2)18-13-5-11(21)6-14(20(24,25)26)16(13)28-8-29-18/h3-10,19H,1-2H3. The Kier molecular flexibility index (Phi) is 6.21. The van der Waals surface area contributed by atoms with Gasteiger partial charge in [-0.3, -0.25) is 0 Å². The molecule has 0 aliphatic carbocycles. The Balaban J connectivity index is 1.72. The summed E-state index contributed by atoms with van der Waals surface area (Å²) in [6.45, 7) is -1.25. The normalized spacial score (nSPS) is 12.9. The van der Waals surface area contributed by atoms with Crippen LogP contribution in [0.2, 0.25) is 5.02 Å². The van der Waals surface area contributed by atoms with Crippen molar-refractivity contribution in [3.8, 4) is 11.6 Å². The summed E-state index contributed by atoms with van der Waals surface area (Å²) in [4.78, 5) is 17.9. The quantitative estimate of drug-likeness (QED) is 0.342. The molecule has 0 fully saturated rings. The molecule has 0 N–H and O–H groups in total. The molecular formula is C20H15ClF5N7O. The monoisotopic (exact) mass is 499 g/mol. The number of pyridine rings is 1. The molecule has 1 unspecified atom stereocenters. The fourth-order valence-electron chi connectivity index (χ4n) is 3.36. The Bertz CT molecular complexity index is 1310. The summed E-state index contributed by atoms with van der Waals surface area (Å²) in [6, 6.07) is 4.32. The van der Waals surface area contributed by atoms with E-state index in [1.807, 2.05) is 0 Å². The topological polar surface area (TPSA) is 81.9 Å². The zero-order valence-corrected chi connectivity index (χ0v) is 18.3. The van der Waals surface area contributed by atoms with Crippen molar-refractivity contribution in [1.29, 1.82) is 0 Å². The van der Waals surface area contributed by atoms with Crippen LogP contribution in [-0.4, -0.2) is 43.4 Å². The molecule has 4 aromatic rings. The molecule has 0 amide bonds. The zero-order chi connectivity index (χ0) is 24.6. The van der Waals surface area contributed by atoms with Gasteiger partial charge < -0.3 is 9.64 Å². The van der Waals surface area contributed by atoms with Gasteiger partial charge in [-0.1, -0.05) is 11.6 Å². The highest BCUT2D eigenvalue weighted by molar-refractivity contribution is 6.31. The molecule has 3 heterocycles. The predicted molar refractivity (Wildman–Crippen MR) is 112 cm³/mol. The van der Waals surface area contributed by atoms with E-state index in [0.29, 0.717) is 5.82 Å². The molecule has 8 nitrogen and oxygen atoms in total. The van der Waals surface area contributed by atoms with Crippen molar-refractivity contribution in [2.45, 2.75) is 25.8 Å². The Morgan fingerprint density at radius 3 is 2.47 bits per heavy atom. The lowest BCUT2D eigenvalue weighted by Crippen LogP contribution is -2.26. The molecule has 178 valence electrons. The minimum absolute atomic E-state index is 0.106. The summed E-state index contributed by atoms with van der Waals surface area (Å²) in [7, 11) is 1.62. The third-order valence-corrected chi connectivity index (χ3v) is 5.23. The van der Waals surface area contributed by atoms with Crippen LogP contribution in [0.5, 0.6) is 5.75 Å². The second kappa shape index (κ2) is 8.97. The van der Waals surface area contributed by atoms with Crippen molar-refractivity contribution < 1.29 is 26.7 Å². The molecule has 0 bridgehead atoms. The van der Waals surface area contributed by atoms with E-state index < -0.39 is 24.4 Å². The molecule has 0 radical (unpaired) electrons. The van der Waals surface area contributed by atoms with Crippen LogP contribution < -0.4 is 9.64 Å². The van der Waals surface area contributed by atoms with Crippen molar-refractivity contribution in [2.75, 3.05) is 11.9 Å². The Morgan fingerprint density at radius 2 is 1.82 bits per heavy atom. The number of hydrogen-bond donors (Lipinski definition) is 0. The van der Waals surface area contributed by atoms with Crippen LogP contribution in [0, 0.1) is 0 Å². The molecule has 1 aromatic carbocycles. The summed E-state index contributed by atoms with van der Waals surface area (Å²) >= 11 is 5.97. The molecule has 14 heteroatoms. The summed E-state index contributed by atoms with van der Waals surface area (Å²) in [6.07, 6.45) is -1.25. The van der Waals surface area contributed by atoms with Crippen molar-refractivity contribution in [2.24, 2.45) is 0 Å². The van der Waals surface area contributed by atoms with Crippen LogP contribution in [0.4, 0.5) is 27.8 Å². The maximum atomic E-state index is 13.5. The third kappa shape index (κ3) is 4.55. The van der Waals surface area contributed by atoms with Crippen LogP contribution in [0.1, 0.15) is 24.4 Å². The van der Waals surface area contributed by atoms with E-state index in [4.69, 9.17) is 11.6 Å². The third-order valence-electron chi connectivity index (χ3n) is 5.01. The van der Waals surface area contributed by atoms with Crippen LogP contribution in [0.25, 0.3) is 16.7 Å². The highest BCUT2D eigenvalue weighted by Crippen LogP contribution is 2.39. The highest BCUT2D eigenvalue weighted by Gasteiger charge is 2.35. The van der Waals surface area contributed by atoms with Crippen LogP contribution in [0.3, 0.4) is 0 Å². The maximum Gasteiger partial charge on any atom is 0.418 e. The minimum atomic E-state index is -4.66. The molecule has 4 rings (SSSR count). The molecule has 0 aliphatic rings. The highest BCUT2D eigenvalue weighted by atomic mass is 35.5. The van der Waals surface area contributed by atoms with Crippen molar-refractivity contribution in [3.63, 3.8) is 0 Å². The first kappa shape index (κ1) is 23.5. The first-order chi connectivity index (χ1) is 16.1. The minimum Gasteiger partial charge on any atom is -0.433 e. The Hall–Kier alpha value is -3.61. The van der Waals surface area contributed by atoms with Crippen molar-refractivity contribution in [1.82, 2.24) is 29.7 Å². The van der Waals surface area contributed by atoms with Gasteiger partial charge in [0.05, 0.1) is 23.3 Å². The molecule has 3 aromatic heterocycles. The maximum absolute atomic E-state index is 13.5. The number of hydrogen-bond acceptors (Lipinski definition) is 7. The summed E-state index contributed by atoms with van der Waals surface area (Å²) in [5, 5.41) is 4.11. The van der Waals surface area contributed by atoms with Gasteiger partial charge in [0.15, 0.2) is 11.6 Å². The van der Waals surface area contributed by atoms with Crippen LogP contribution in [0.15, 0.2) is 43.1 Å². The van der Waals surface area contributed by atoms with Gasteiger partial charge in [-0.2, -0.15) is 31.7 Å². The number of ether oxygens (including phenoxy) is 1. The van der Waals surface area contributed by atoms with Crippen LogP contribution in [-0.2, 0) is 6.18 Å². The summed E-state index contributed by atoms with van der Waals surface area (Å²) < 4.78 is 71.0. The molecule has 0 saturated carbocycles. The van der Waals surface area contributed by atoms with Gasteiger partial charge in [-0.05, 0) is 31.2 Å². The lowest BCUT2D eigenvalue weighted by Gasteiger charge is -2.26. The molecule has 1 atom stereocenters. The lowest BCUT2D eigenvalue weighted by atomic mass is 10.1. The molecule has 34 heavy (non-hydrogen) atoms. The number of alkyl halides is 5. The number of fused-ring (bicyclic) bond motifs is 1. The van der Waals surface area contributed by atoms with E-state index in [9.17, 15) is 22.0 Å². The average molecular weight is 500 g/mol. The number of benzene rings is 1. The number of rotatable bonds is 6. The molecule has 0 aliphatic heterocycles. The van der Waals surface area contributed by atoms with Crippen molar-refractivity contribution in [3.05, 3.63) is 59.5 Å². The Labute approximate surface area is 194 Å². The van der Waals surface area contributed by atoms with Crippen LogP contribution >= 0.6 is 11.6 Å². The van der Waals surface area contributed by atoms with Gasteiger partial charge >= 0.3 is 12.8 Å². The Morgan fingerprint density at radius 1 is 1.06 bits per heavy atom. The fraction of sp³-hybridized carbons (Fsp3) is 0.250. The fourth-order valence-corrected chi connectivity index (χ4v) is 3.57. The SMILES string of the molecule is CC(c1ncnn1-c1ccc(OC(F)F)cn1)N(C)c1ncnc2c(C(F)(F)F)cc(Cl)cc12. The number of anilines is 1. The van der Waals surface area contributed by atoms with E-state index in [2.05, 4.69) is 29.8 Å². The van der Waals surface area contributed by atoms with Gasteiger partial charge in [0, 0.05) is 17.5 Å². The molecular weight excluding hydrogens is 485 g/mol. The summed E-state index contributed by atoms with van der Waals surface area (Å²) in [5.74, 6) is 0.691. The molecule has 0 spiro atoms. The van der Waals surface area contributed by atoms with Gasteiger partial charge in [-0.15, -0.1) is 0 Å². The van der Waals surface area contributed by atoms with Gasteiger partial charge in [0.25, 0.3) is 0 Å². The number of nitrogens with zero attached hydrogens (tertiary/aromatic N) is 7. The zero-order valence-electron chi connectivity index (χ0n) is 17.5. The van der Waals surface area contributed by atoms with Gasteiger partial charge in [0.1, 0.15) is 24.2 Å². The second-order valence-corrected chi connectivity index (χ2v) is 7.53. The first-order valence-electron chi connectivity index (χ1n) is 9.61. The smallest absolute Gasteiger partial charge is 0.418 e. The number of aromatic nitrogens is 6. The van der Waals surface area contributed by atoms with E-state index in [0.717, 1.165) is 18.6 Å². The first-order valence-corrected chi connectivity index (χ1v) is 9.99. The van der Waals surface area contributed by atoms with E-state index in [-0.39, 0.29) is 33.3 Å². The van der Waals surface area contributed by atoms with Gasteiger partial charge in [-0.25, -0.2) is 19.9 Å². The second-order valence-electron chi connectivity index (χ2n) is 7.09. The molecule has 0 saturated heterocycles. The van der Waals surface area contributed by atoms with Gasteiger partial charge in [0.2, 0.25) is 0 Å². The largest absolute Gasteiger partial charge is 0.433 e. The van der Waals surface area contributed by atoms with E-state index >= 15 is 0 Å². The van der Waals surface area contributed by atoms with E-state index in [1.54, 1.807) is 18.9 Å². The average Bonchev–Trinajstić information content (AvgIpc) is 3.26. The summed E-state index contributed by atoms with van der Waals surface area (Å²) in [5.41, 5.74) is -1.27. The lowest BCUT2D eigenvalue weighted by molar-refractivity contribution is -0.136. The van der Waals surface area contributed by atoms with Crippen molar-refractivity contribution >= 4 is 28.3 Å². The predicted octanol–water partition coefficient (Wildman–Crippen LogP) is 5.08.